The molecular weight excluding hydrogens is 423 g/mol. The van der Waals surface area contributed by atoms with Crippen LogP contribution in [0.25, 0.3) is 0 Å². The van der Waals surface area contributed by atoms with E-state index in [0.29, 0.717) is 5.56 Å². The third-order valence-corrected chi connectivity index (χ3v) is 5.20. The number of aromatic nitrogens is 2. The van der Waals surface area contributed by atoms with Crippen LogP contribution in [0.4, 0.5) is 15.9 Å². The summed E-state index contributed by atoms with van der Waals surface area (Å²) in [5.41, 5.74) is 5.80. The van der Waals surface area contributed by atoms with Crippen molar-refractivity contribution in [2.45, 2.75) is 13.1 Å². The predicted molar refractivity (Wildman–Crippen MR) is 125 cm³/mol. The van der Waals surface area contributed by atoms with Crippen molar-refractivity contribution in [1.29, 1.82) is 0 Å². The van der Waals surface area contributed by atoms with E-state index in [4.69, 9.17) is 5.73 Å². The van der Waals surface area contributed by atoms with E-state index in [1.54, 1.807) is 24.3 Å². The number of carbonyl (C=O) groups excluding carboxylic acids is 1. The monoisotopic (exact) mass is 444 g/mol. The molecule has 3 aromatic carbocycles. The van der Waals surface area contributed by atoms with Gasteiger partial charge in [0.2, 0.25) is 0 Å². The molecule has 0 fully saturated rings. The molecule has 0 bridgehead atoms. The lowest BCUT2D eigenvalue weighted by Crippen LogP contribution is -2.41. The minimum Gasteiger partial charge on any atom is -0.383 e. The number of anilines is 2. The van der Waals surface area contributed by atoms with Crippen LogP contribution in [0.5, 0.6) is 0 Å². The first-order chi connectivity index (χ1) is 16.0. The van der Waals surface area contributed by atoms with Crippen molar-refractivity contribution in [1.82, 2.24) is 9.55 Å². The Labute approximate surface area is 188 Å². The molecule has 0 aliphatic rings. The number of amides is 1. The van der Waals surface area contributed by atoms with Gasteiger partial charge in [-0.05, 0) is 23.3 Å². The van der Waals surface area contributed by atoms with Gasteiger partial charge in [-0.1, -0.05) is 72.8 Å². The summed E-state index contributed by atoms with van der Waals surface area (Å²) in [5, 5.41) is 0. The van der Waals surface area contributed by atoms with Gasteiger partial charge < -0.3 is 5.73 Å². The van der Waals surface area contributed by atoms with Crippen molar-refractivity contribution in [3.63, 3.8) is 0 Å². The average Bonchev–Trinajstić information content (AvgIpc) is 2.82. The van der Waals surface area contributed by atoms with Crippen molar-refractivity contribution in [3.8, 4) is 0 Å². The van der Waals surface area contributed by atoms with Crippen molar-refractivity contribution in [2.24, 2.45) is 0 Å². The fourth-order valence-corrected chi connectivity index (χ4v) is 3.56. The minimum atomic E-state index is -0.831. The summed E-state index contributed by atoms with van der Waals surface area (Å²) in [6, 6.07) is 23.5. The highest BCUT2D eigenvalue weighted by Crippen LogP contribution is 2.23. The van der Waals surface area contributed by atoms with Crippen LogP contribution in [0.15, 0.2) is 94.5 Å². The average molecular weight is 444 g/mol. The molecule has 1 amide bonds. The van der Waals surface area contributed by atoms with Gasteiger partial charge in [0.25, 0.3) is 11.5 Å². The molecule has 1 heterocycles. The van der Waals surface area contributed by atoms with Gasteiger partial charge in [-0.2, -0.15) is 0 Å². The third-order valence-electron chi connectivity index (χ3n) is 5.20. The van der Waals surface area contributed by atoms with Gasteiger partial charge in [-0.15, -0.1) is 0 Å². The molecule has 8 heteroatoms. The number of rotatable bonds is 6. The molecule has 0 saturated heterocycles. The Morgan fingerprint density at radius 1 is 0.879 bits per heavy atom. The van der Waals surface area contributed by atoms with Crippen LogP contribution in [0.2, 0.25) is 0 Å². The van der Waals surface area contributed by atoms with Crippen LogP contribution in [0.3, 0.4) is 0 Å². The van der Waals surface area contributed by atoms with E-state index in [-0.39, 0.29) is 30.2 Å². The molecule has 0 atom stereocenters. The maximum atomic E-state index is 14.5. The van der Waals surface area contributed by atoms with E-state index in [1.165, 1.54) is 22.8 Å². The number of benzene rings is 3. The van der Waals surface area contributed by atoms with E-state index < -0.39 is 23.0 Å². The van der Waals surface area contributed by atoms with Crippen molar-refractivity contribution in [3.05, 3.63) is 128 Å². The van der Waals surface area contributed by atoms with Crippen LogP contribution >= 0.6 is 0 Å². The molecule has 4 aromatic rings. The number of aromatic amines is 1. The number of nitrogens with one attached hydrogen (secondary N) is 1. The highest BCUT2D eigenvalue weighted by Gasteiger charge is 2.27. The topological polar surface area (TPSA) is 101 Å². The minimum absolute atomic E-state index is 0.0508. The van der Waals surface area contributed by atoms with Crippen LogP contribution in [0, 0.1) is 5.82 Å². The first-order valence-corrected chi connectivity index (χ1v) is 10.2. The normalized spacial score (nSPS) is 10.7. The molecule has 166 valence electrons. The summed E-state index contributed by atoms with van der Waals surface area (Å²) in [6.07, 6.45) is 0. The summed E-state index contributed by atoms with van der Waals surface area (Å²) in [4.78, 5) is 42.2. The summed E-state index contributed by atoms with van der Waals surface area (Å²) in [5.74, 6) is -1.67. The molecule has 0 radical (unpaired) electrons. The maximum Gasteiger partial charge on any atom is 0.330 e. The van der Waals surface area contributed by atoms with Crippen molar-refractivity contribution < 1.29 is 9.18 Å². The second kappa shape index (κ2) is 9.35. The number of nitrogens with zero attached hydrogens (tertiary/aromatic N) is 2. The summed E-state index contributed by atoms with van der Waals surface area (Å²) in [6.45, 7) is 0.0349. The molecule has 4 rings (SSSR count). The van der Waals surface area contributed by atoms with Crippen LogP contribution in [-0.4, -0.2) is 15.5 Å². The van der Waals surface area contributed by atoms with Gasteiger partial charge in [0, 0.05) is 0 Å². The maximum absolute atomic E-state index is 14.5. The molecule has 0 aliphatic heterocycles. The largest absolute Gasteiger partial charge is 0.383 e. The number of nitrogens with two attached hydrogens (primary N) is 1. The first-order valence-electron chi connectivity index (χ1n) is 10.2. The first kappa shape index (κ1) is 21.8. The molecule has 0 unspecified atom stereocenters. The van der Waals surface area contributed by atoms with Crippen LogP contribution in [0.1, 0.15) is 21.5 Å². The molecule has 0 spiro atoms. The Morgan fingerprint density at radius 2 is 1.45 bits per heavy atom. The second-order valence-electron chi connectivity index (χ2n) is 7.42. The zero-order chi connectivity index (χ0) is 23.4. The number of nitrogen functional groups attached to an aromatic ring is 1. The Kier molecular flexibility index (Phi) is 6.17. The van der Waals surface area contributed by atoms with Crippen LogP contribution in [-0.2, 0) is 13.1 Å². The number of halogens is 1. The highest BCUT2D eigenvalue weighted by atomic mass is 19.1. The Hall–Kier alpha value is -4.46. The molecule has 33 heavy (non-hydrogen) atoms. The van der Waals surface area contributed by atoms with Gasteiger partial charge in [0.1, 0.15) is 11.6 Å². The molecule has 1 aromatic heterocycles. The zero-order valence-electron chi connectivity index (χ0n) is 17.6. The predicted octanol–water partition coefficient (Wildman–Crippen LogP) is 3.15. The number of hydrogen-bond acceptors (Lipinski definition) is 4. The SMILES string of the molecule is Nc1c(N(Cc2ccccc2)C(=O)c2ccccc2F)c(=O)[nH]c(=O)n1Cc1ccccc1. The molecule has 3 N–H and O–H groups in total. The van der Waals surface area contributed by atoms with Gasteiger partial charge in [-0.3, -0.25) is 24.0 Å². The second-order valence-corrected chi connectivity index (χ2v) is 7.42. The quantitative estimate of drug-likeness (QED) is 0.477. The smallest absolute Gasteiger partial charge is 0.330 e. The standard InChI is InChI=1S/C25H21FN4O3/c26-20-14-8-7-13-19(20)24(32)29(15-17-9-3-1-4-10-17)21-22(27)30(25(33)28-23(21)31)16-18-11-5-2-6-12-18/h1-14H,15-16,27H2,(H,28,31,33). The molecule has 0 saturated carbocycles. The van der Waals surface area contributed by atoms with Crippen molar-refractivity contribution in [2.75, 3.05) is 10.6 Å². The van der Waals surface area contributed by atoms with Gasteiger partial charge in [-0.25, -0.2) is 9.18 Å². The molecule has 7 nitrogen and oxygen atoms in total. The Bertz CT molecular complexity index is 1400. The summed E-state index contributed by atoms with van der Waals surface area (Å²) >= 11 is 0. The van der Waals surface area contributed by atoms with Gasteiger partial charge in [0.05, 0.1) is 18.7 Å². The number of hydrogen-bond donors (Lipinski definition) is 2. The molecule has 0 aliphatic carbocycles. The van der Waals surface area contributed by atoms with Gasteiger partial charge in [0.15, 0.2) is 5.69 Å². The highest BCUT2D eigenvalue weighted by molar-refractivity contribution is 6.07. The van der Waals surface area contributed by atoms with E-state index in [1.807, 2.05) is 36.4 Å². The van der Waals surface area contributed by atoms with E-state index in [2.05, 4.69) is 4.98 Å². The number of carbonyl (C=O) groups is 1. The lowest BCUT2D eigenvalue weighted by atomic mass is 10.1. The van der Waals surface area contributed by atoms with E-state index in [0.717, 1.165) is 16.5 Å². The number of H-pyrrole nitrogens is 1. The Balaban J connectivity index is 1.87. The molecular formula is C25H21FN4O3. The van der Waals surface area contributed by atoms with E-state index in [9.17, 15) is 18.8 Å². The lowest BCUT2D eigenvalue weighted by Gasteiger charge is -2.25. The Morgan fingerprint density at radius 3 is 2.09 bits per heavy atom. The summed E-state index contributed by atoms with van der Waals surface area (Å²) in [7, 11) is 0. The van der Waals surface area contributed by atoms with Gasteiger partial charge >= 0.3 is 5.69 Å². The summed E-state index contributed by atoms with van der Waals surface area (Å²) < 4.78 is 15.6. The fourth-order valence-electron chi connectivity index (χ4n) is 3.56. The third kappa shape index (κ3) is 4.59. The zero-order valence-corrected chi connectivity index (χ0v) is 17.6. The lowest BCUT2D eigenvalue weighted by molar-refractivity contribution is 0.0981. The van der Waals surface area contributed by atoms with Crippen molar-refractivity contribution >= 4 is 17.4 Å². The van der Waals surface area contributed by atoms with Crippen LogP contribution < -0.4 is 21.9 Å². The van der Waals surface area contributed by atoms with E-state index >= 15 is 0 Å². The fraction of sp³-hybridized carbons (Fsp3) is 0.0800.